The predicted octanol–water partition coefficient (Wildman–Crippen LogP) is 1.77. The van der Waals surface area contributed by atoms with Crippen molar-refractivity contribution in [2.45, 2.75) is 13.3 Å². The van der Waals surface area contributed by atoms with Gasteiger partial charge in [0.25, 0.3) is 0 Å². The number of benzene rings is 1. The van der Waals surface area contributed by atoms with Gasteiger partial charge in [-0.25, -0.2) is 8.42 Å². The van der Waals surface area contributed by atoms with Crippen LogP contribution in [0.5, 0.6) is 11.5 Å². The van der Waals surface area contributed by atoms with Crippen molar-refractivity contribution in [3.63, 3.8) is 0 Å². The fourth-order valence-corrected chi connectivity index (χ4v) is 2.31. The monoisotopic (exact) mass is 283 g/mol. The molecule has 0 amide bonds. The summed E-state index contributed by atoms with van der Waals surface area (Å²) in [5.74, 6) is 1.24. The molecule has 0 radical (unpaired) electrons. The van der Waals surface area contributed by atoms with E-state index in [1.54, 1.807) is 25.1 Å². The Balaban J connectivity index is 2.57. The van der Waals surface area contributed by atoms with Crippen LogP contribution in [-0.4, -0.2) is 33.6 Å². The second-order valence-corrected chi connectivity index (χ2v) is 6.39. The third kappa shape index (κ3) is 4.79. The average Bonchev–Trinajstić information content (AvgIpc) is 2.43. The van der Waals surface area contributed by atoms with Crippen LogP contribution < -0.4 is 9.47 Å². The summed E-state index contributed by atoms with van der Waals surface area (Å²) in [5.41, 5.74) is 0.484. The first-order chi connectivity index (χ1) is 9.02. The highest BCUT2D eigenvalue weighted by Crippen LogP contribution is 2.27. The summed E-state index contributed by atoms with van der Waals surface area (Å²) in [6.45, 7) is 1.92. The zero-order valence-electron chi connectivity index (χ0n) is 11.0. The number of hydrogen-bond donors (Lipinski definition) is 0. The third-order valence-electron chi connectivity index (χ3n) is 2.59. The lowest BCUT2D eigenvalue weighted by Gasteiger charge is -2.10. The molecular formula is C13H17NO4S. The number of rotatable bonds is 7. The Hall–Kier alpha value is -1.74. The van der Waals surface area contributed by atoms with Crippen LogP contribution in [-0.2, 0) is 9.84 Å². The molecule has 0 aliphatic heterocycles. The van der Waals surface area contributed by atoms with E-state index in [1.165, 1.54) is 7.11 Å². The first-order valence-corrected chi connectivity index (χ1v) is 7.76. The van der Waals surface area contributed by atoms with Crippen LogP contribution in [0.1, 0.15) is 18.9 Å². The van der Waals surface area contributed by atoms with Gasteiger partial charge in [0.1, 0.15) is 9.84 Å². The van der Waals surface area contributed by atoms with Crippen molar-refractivity contribution < 1.29 is 17.9 Å². The van der Waals surface area contributed by atoms with E-state index in [0.29, 0.717) is 30.1 Å². The molecule has 0 bridgehead atoms. The molecule has 0 atom stereocenters. The van der Waals surface area contributed by atoms with Crippen LogP contribution in [0.2, 0.25) is 0 Å². The Bertz CT molecular complexity index is 560. The first-order valence-electron chi connectivity index (χ1n) is 5.93. The van der Waals surface area contributed by atoms with Gasteiger partial charge in [0.15, 0.2) is 11.5 Å². The molecule has 0 aromatic heterocycles. The summed E-state index contributed by atoms with van der Waals surface area (Å²) < 4.78 is 33.2. The van der Waals surface area contributed by atoms with Gasteiger partial charge in [0, 0.05) is 11.8 Å². The van der Waals surface area contributed by atoms with Crippen LogP contribution in [0.4, 0.5) is 0 Å². The lowest BCUT2D eigenvalue weighted by atomic mass is 10.2. The van der Waals surface area contributed by atoms with E-state index in [4.69, 9.17) is 14.7 Å². The highest BCUT2D eigenvalue weighted by molar-refractivity contribution is 7.91. The highest BCUT2D eigenvalue weighted by atomic mass is 32.2. The molecule has 0 fully saturated rings. The molecule has 104 valence electrons. The predicted molar refractivity (Wildman–Crippen MR) is 72.1 cm³/mol. The largest absolute Gasteiger partial charge is 0.493 e. The van der Waals surface area contributed by atoms with Crippen molar-refractivity contribution in [3.05, 3.63) is 23.8 Å². The van der Waals surface area contributed by atoms with Gasteiger partial charge in [0.05, 0.1) is 31.1 Å². The van der Waals surface area contributed by atoms with Crippen LogP contribution in [0.25, 0.3) is 0 Å². The SMILES string of the molecule is CCS(=O)(=O)CCCOc1ccc(C#N)cc1OC. The smallest absolute Gasteiger partial charge is 0.162 e. The minimum atomic E-state index is -2.95. The van der Waals surface area contributed by atoms with E-state index in [2.05, 4.69) is 0 Å². The van der Waals surface area contributed by atoms with E-state index in [0.717, 1.165) is 0 Å². The minimum Gasteiger partial charge on any atom is -0.493 e. The fraction of sp³-hybridized carbons (Fsp3) is 0.462. The van der Waals surface area contributed by atoms with Gasteiger partial charge >= 0.3 is 0 Å². The van der Waals surface area contributed by atoms with Gasteiger partial charge in [-0.2, -0.15) is 5.26 Å². The standard InChI is InChI=1S/C13H17NO4S/c1-3-19(15,16)8-4-7-18-12-6-5-11(10-14)9-13(12)17-2/h5-6,9H,3-4,7-8H2,1-2H3. The molecule has 0 unspecified atom stereocenters. The molecule has 0 saturated heterocycles. The Morgan fingerprint density at radius 1 is 1.32 bits per heavy atom. The minimum absolute atomic E-state index is 0.113. The molecular weight excluding hydrogens is 266 g/mol. The Morgan fingerprint density at radius 2 is 2.05 bits per heavy atom. The molecule has 1 rings (SSSR count). The Labute approximate surface area is 113 Å². The third-order valence-corrected chi connectivity index (χ3v) is 4.38. The van der Waals surface area contributed by atoms with Crippen molar-refractivity contribution >= 4 is 9.84 Å². The number of sulfone groups is 1. The van der Waals surface area contributed by atoms with Crippen LogP contribution in [0, 0.1) is 11.3 Å². The van der Waals surface area contributed by atoms with E-state index in [1.807, 2.05) is 6.07 Å². The number of ether oxygens (including phenoxy) is 2. The summed E-state index contributed by atoms with van der Waals surface area (Å²) in [6, 6.07) is 6.86. The normalized spacial score (nSPS) is 10.8. The number of methoxy groups -OCH3 is 1. The van der Waals surface area contributed by atoms with Gasteiger partial charge in [-0.15, -0.1) is 0 Å². The maximum atomic E-state index is 11.3. The van der Waals surface area contributed by atoms with Crippen molar-refractivity contribution in [2.24, 2.45) is 0 Å². The summed E-state index contributed by atoms with van der Waals surface area (Å²) in [6.07, 6.45) is 0.430. The summed E-state index contributed by atoms with van der Waals surface area (Å²) in [4.78, 5) is 0. The second kappa shape index (κ2) is 7.00. The average molecular weight is 283 g/mol. The van der Waals surface area contributed by atoms with E-state index in [-0.39, 0.29) is 11.5 Å². The summed E-state index contributed by atoms with van der Waals surface area (Å²) >= 11 is 0. The lowest BCUT2D eigenvalue weighted by Crippen LogP contribution is -2.12. The van der Waals surface area contributed by atoms with Crippen molar-refractivity contribution in [3.8, 4) is 17.6 Å². The summed E-state index contributed by atoms with van der Waals surface area (Å²) in [7, 11) is -1.46. The molecule has 0 spiro atoms. The van der Waals surface area contributed by atoms with Crippen molar-refractivity contribution in [1.82, 2.24) is 0 Å². The first kappa shape index (κ1) is 15.3. The van der Waals surface area contributed by atoms with E-state index in [9.17, 15) is 8.42 Å². The number of hydrogen-bond acceptors (Lipinski definition) is 5. The van der Waals surface area contributed by atoms with Crippen molar-refractivity contribution in [1.29, 1.82) is 5.26 Å². The molecule has 1 aromatic carbocycles. The van der Waals surface area contributed by atoms with E-state index < -0.39 is 9.84 Å². The Morgan fingerprint density at radius 3 is 2.63 bits per heavy atom. The molecule has 0 saturated carbocycles. The van der Waals surface area contributed by atoms with Gasteiger partial charge in [-0.1, -0.05) is 6.92 Å². The quantitative estimate of drug-likeness (QED) is 0.713. The molecule has 0 N–H and O–H groups in total. The molecule has 0 aliphatic rings. The fourth-order valence-electron chi connectivity index (χ4n) is 1.46. The molecule has 5 nitrogen and oxygen atoms in total. The highest BCUT2D eigenvalue weighted by Gasteiger charge is 2.09. The Kier molecular flexibility index (Phi) is 5.64. The topological polar surface area (TPSA) is 76.4 Å². The van der Waals surface area contributed by atoms with Gasteiger partial charge in [-0.05, 0) is 18.6 Å². The second-order valence-electron chi connectivity index (χ2n) is 3.92. The maximum absolute atomic E-state index is 11.3. The molecule has 19 heavy (non-hydrogen) atoms. The molecule has 0 heterocycles. The van der Waals surface area contributed by atoms with Crippen molar-refractivity contribution in [2.75, 3.05) is 25.2 Å². The summed E-state index contributed by atoms with van der Waals surface area (Å²) in [5, 5.41) is 8.77. The molecule has 6 heteroatoms. The van der Waals surface area contributed by atoms with Gasteiger partial charge < -0.3 is 9.47 Å². The number of nitrogens with zero attached hydrogens (tertiary/aromatic N) is 1. The lowest BCUT2D eigenvalue weighted by molar-refractivity contribution is 0.294. The van der Waals surface area contributed by atoms with Crippen LogP contribution in [0.15, 0.2) is 18.2 Å². The van der Waals surface area contributed by atoms with Crippen LogP contribution >= 0.6 is 0 Å². The maximum Gasteiger partial charge on any atom is 0.162 e. The number of nitriles is 1. The molecule has 0 aliphatic carbocycles. The van der Waals surface area contributed by atoms with Gasteiger partial charge in [-0.3, -0.25) is 0 Å². The van der Waals surface area contributed by atoms with Gasteiger partial charge in [0.2, 0.25) is 0 Å². The molecule has 1 aromatic rings. The zero-order chi connectivity index (χ0) is 14.3. The van der Waals surface area contributed by atoms with Crippen LogP contribution in [0.3, 0.4) is 0 Å². The van der Waals surface area contributed by atoms with E-state index >= 15 is 0 Å². The zero-order valence-corrected chi connectivity index (χ0v) is 11.9.